The lowest BCUT2D eigenvalue weighted by atomic mass is 10.1. The summed E-state index contributed by atoms with van der Waals surface area (Å²) in [6.45, 7) is 2.51. The molecule has 2 aromatic rings. The van der Waals surface area contributed by atoms with Crippen LogP contribution in [-0.4, -0.2) is 12.0 Å². The Bertz CT molecular complexity index is 654. The highest BCUT2D eigenvalue weighted by Crippen LogP contribution is 2.28. The van der Waals surface area contributed by atoms with Crippen LogP contribution in [0.3, 0.4) is 0 Å². The van der Waals surface area contributed by atoms with Crippen molar-refractivity contribution in [3.8, 4) is 5.75 Å². The van der Waals surface area contributed by atoms with E-state index in [4.69, 9.17) is 4.74 Å². The number of methoxy groups -OCH3 is 1. The summed E-state index contributed by atoms with van der Waals surface area (Å²) >= 11 is 3.44. The van der Waals surface area contributed by atoms with Crippen molar-refractivity contribution in [2.45, 2.75) is 13.5 Å². The van der Waals surface area contributed by atoms with E-state index in [9.17, 15) is 10.1 Å². The van der Waals surface area contributed by atoms with Gasteiger partial charge in [-0.1, -0.05) is 22.0 Å². The average Bonchev–Trinajstić information content (AvgIpc) is 2.43. The Labute approximate surface area is 131 Å². The van der Waals surface area contributed by atoms with Crippen molar-refractivity contribution in [1.82, 2.24) is 0 Å². The van der Waals surface area contributed by atoms with Gasteiger partial charge in [-0.15, -0.1) is 0 Å². The Morgan fingerprint density at radius 1 is 1.29 bits per heavy atom. The molecule has 0 aliphatic carbocycles. The van der Waals surface area contributed by atoms with Crippen LogP contribution in [-0.2, 0) is 6.54 Å². The zero-order chi connectivity index (χ0) is 15.4. The second-order valence-corrected chi connectivity index (χ2v) is 5.55. The van der Waals surface area contributed by atoms with Crippen LogP contribution in [0.4, 0.5) is 11.4 Å². The molecule has 1 N–H and O–H groups in total. The lowest BCUT2D eigenvalue weighted by molar-refractivity contribution is -0.385. The van der Waals surface area contributed by atoms with Gasteiger partial charge in [-0.25, -0.2) is 0 Å². The summed E-state index contributed by atoms with van der Waals surface area (Å²) in [6, 6.07) is 10.9. The van der Waals surface area contributed by atoms with Crippen LogP contribution >= 0.6 is 15.9 Å². The summed E-state index contributed by atoms with van der Waals surface area (Å²) in [7, 11) is 1.42. The lowest BCUT2D eigenvalue weighted by Crippen LogP contribution is -2.01. The molecule has 110 valence electrons. The van der Waals surface area contributed by atoms with Gasteiger partial charge in [0, 0.05) is 22.8 Å². The van der Waals surface area contributed by atoms with Crippen molar-refractivity contribution >= 4 is 27.3 Å². The summed E-state index contributed by atoms with van der Waals surface area (Å²) in [5.74, 6) is 0.266. The Balaban J connectivity index is 2.16. The van der Waals surface area contributed by atoms with E-state index in [-0.39, 0.29) is 11.4 Å². The predicted molar refractivity (Wildman–Crippen MR) is 85.9 cm³/mol. The maximum absolute atomic E-state index is 11.0. The number of halogens is 1. The highest BCUT2D eigenvalue weighted by atomic mass is 79.9. The number of rotatable bonds is 5. The first-order chi connectivity index (χ1) is 9.99. The number of nitrogens with zero attached hydrogens (tertiary/aromatic N) is 1. The number of benzene rings is 2. The number of ether oxygens (including phenoxy) is 1. The molecule has 0 bridgehead atoms. The van der Waals surface area contributed by atoms with Gasteiger partial charge in [-0.3, -0.25) is 10.1 Å². The Morgan fingerprint density at radius 3 is 2.67 bits per heavy atom. The number of hydrogen-bond acceptors (Lipinski definition) is 4. The highest BCUT2D eigenvalue weighted by Gasteiger charge is 2.14. The van der Waals surface area contributed by atoms with Crippen molar-refractivity contribution in [3.05, 3.63) is 62.1 Å². The van der Waals surface area contributed by atoms with E-state index < -0.39 is 4.92 Å². The molecule has 0 heterocycles. The molecule has 5 nitrogen and oxygen atoms in total. The van der Waals surface area contributed by atoms with Crippen molar-refractivity contribution in [2.24, 2.45) is 0 Å². The van der Waals surface area contributed by atoms with Crippen molar-refractivity contribution in [3.63, 3.8) is 0 Å². The fourth-order valence-electron chi connectivity index (χ4n) is 2.03. The van der Waals surface area contributed by atoms with Gasteiger partial charge in [0.25, 0.3) is 0 Å². The molecule has 0 aromatic heterocycles. The Kier molecular flexibility index (Phi) is 4.80. The van der Waals surface area contributed by atoms with Gasteiger partial charge >= 0.3 is 5.69 Å². The van der Waals surface area contributed by atoms with Gasteiger partial charge in [0.1, 0.15) is 0 Å². The van der Waals surface area contributed by atoms with Gasteiger partial charge in [0.15, 0.2) is 5.75 Å². The zero-order valence-corrected chi connectivity index (χ0v) is 13.3. The molecular weight excluding hydrogens is 336 g/mol. The number of anilines is 1. The van der Waals surface area contributed by atoms with Crippen LogP contribution in [0.25, 0.3) is 0 Å². The molecule has 0 saturated carbocycles. The number of nitro groups is 1. The van der Waals surface area contributed by atoms with Gasteiger partial charge < -0.3 is 10.1 Å². The summed E-state index contributed by atoms with van der Waals surface area (Å²) in [5.41, 5.74) is 2.88. The van der Waals surface area contributed by atoms with Gasteiger partial charge in [-0.05, 0) is 42.3 Å². The first-order valence-corrected chi connectivity index (χ1v) is 7.11. The minimum Gasteiger partial charge on any atom is -0.490 e. The molecular formula is C15H15BrN2O3. The summed E-state index contributed by atoms with van der Waals surface area (Å²) in [4.78, 5) is 10.6. The van der Waals surface area contributed by atoms with Crippen LogP contribution in [0.5, 0.6) is 5.75 Å². The molecule has 0 unspecified atom stereocenters. The summed E-state index contributed by atoms with van der Waals surface area (Å²) in [6.07, 6.45) is 0. The highest BCUT2D eigenvalue weighted by molar-refractivity contribution is 9.10. The predicted octanol–water partition coefficient (Wildman–Crippen LogP) is 4.29. The SMILES string of the molecule is COc1ccc(CNc2cc(C)cc(Br)c2)cc1[N+](=O)[O-]. The average molecular weight is 351 g/mol. The monoisotopic (exact) mass is 350 g/mol. The van der Waals surface area contributed by atoms with Crippen LogP contribution in [0, 0.1) is 17.0 Å². The third-order valence-corrected chi connectivity index (χ3v) is 3.44. The van der Waals surface area contributed by atoms with E-state index in [0.29, 0.717) is 6.54 Å². The maximum Gasteiger partial charge on any atom is 0.311 e. The quantitative estimate of drug-likeness (QED) is 0.645. The summed E-state index contributed by atoms with van der Waals surface area (Å²) in [5, 5.41) is 14.2. The largest absolute Gasteiger partial charge is 0.490 e. The first kappa shape index (κ1) is 15.3. The second-order valence-electron chi connectivity index (χ2n) is 4.63. The molecule has 0 fully saturated rings. The molecule has 2 aromatic carbocycles. The topological polar surface area (TPSA) is 64.4 Å². The molecule has 0 spiro atoms. The molecule has 6 heteroatoms. The standard InChI is InChI=1S/C15H15BrN2O3/c1-10-5-12(16)8-13(6-10)17-9-11-3-4-15(21-2)14(7-11)18(19)20/h3-8,17H,9H2,1-2H3. The molecule has 2 rings (SSSR count). The van der Waals surface area contributed by atoms with E-state index in [0.717, 1.165) is 21.3 Å². The summed E-state index contributed by atoms with van der Waals surface area (Å²) < 4.78 is 5.98. The number of nitrogens with one attached hydrogen (secondary N) is 1. The van der Waals surface area contributed by atoms with Crippen molar-refractivity contribution in [2.75, 3.05) is 12.4 Å². The van der Waals surface area contributed by atoms with Crippen LogP contribution in [0.2, 0.25) is 0 Å². The van der Waals surface area contributed by atoms with E-state index >= 15 is 0 Å². The van der Waals surface area contributed by atoms with E-state index in [2.05, 4.69) is 21.2 Å². The van der Waals surface area contributed by atoms with Crippen LogP contribution in [0.1, 0.15) is 11.1 Å². The van der Waals surface area contributed by atoms with Crippen LogP contribution in [0.15, 0.2) is 40.9 Å². The minimum atomic E-state index is -0.439. The third kappa shape index (κ3) is 3.95. The fourth-order valence-corrected chi connectivity index (χ4v) is 2.64. The van der Waals surface area contributed by atoms with E-state index in [1.54, 1.807) is 6.07 Å². The minimum absolute atomic E-state index is 0.0257. The maximum atomic E-state index is 11.0. The van der Waals surface area contributed by atoms with E-state index in [1.807, 2.05) is 31.2 Å². The van der Waals surface area contributed by atoms with Crippen molar-refractivity contribution < 1.29 is 9.66 Å². The Morgan fingerprint density at radius 2 is 2.05 bits per heavy atom. The number of hydrogen-bond donors (Lipinski definition) is 1. The van der Waals surface area contributed by atoms with Crippen LogP contribution < -0.4 is 10.1 Å². The molecule has 0 saturated heterocycles. The van der Waals surface area contributed by atoms with Gasteiger partial charge in [0.05, 0.1) is 12.0 Å². The third-order valence-electron chi connectivity index (χ3n) is 2.98. The normalized spacial score (nSPS) is 10.2. The zero-order valence-electron chi connectivity index (χ0n) is 11.7. The first-order valence-electron chi connectivity index (χ1n) is 6.32. The molecule has 21 heavy (non-hydrogen) atoms. The number of nitro benzene ring substituents is 1. The fraction of sp³-hybridized carbons (Fsp3) is 0.200. The van der Waals surface area contributed by atoms with E-state index in [1.165, 1.54) is 13.2 Å². The Hall–Kier alpha value is -2.08. The second kappa shape index (κ2) is 6.58. The molecule has 0 atom stereocenters. The molecule has 0 amide bonds. The molecule has 0 radical (unpaired) electrons. The van der Waals surface area contributed by atoms with Crippen molar-refractivity contribution in [1.29, 1.82) is 0 Å². The number of aryl methyl sites for hydroxylation is 1. The van der Waals surface area contributed by atoms with Gasteiger partial charge in [0.2, 0.25) is 0 Å². The smallest absolute Gasteiger partial charge is 0.311 e. The lowest BCUT2D eigenvalue weighted by Gasteiger charge is -2.09. The molecule has 0 aliphatic rings. The molecule has 0 aliphatic heterocycles. The van der Waals surface area contributed by atoms with Gasteiger partial charge in [-0.2, -0.15) is 0 Å².